The highest BCUT2D eigenvalue weighted by Crippen LogP contribution is 2.29. The average Bonchev–Trinajstić information content (AvgIpc) is 2.98. The molecule has 0 saturated carbocycles. The van der Waals surface area contributed by atoms with Crippen molar-refractivity contribution in [2.45, 2.75) is 18.9 Å². The summed E-state index contributed by atoms with van der Waals surface area (Å²) in [5, 5.41) is 0. The third-order valence-corrected chi connectivity index (χ3v) is 3.57. The summed E-state index contributed by atoms with van der Waals surface area (Å²) in [7, 11) is 4.12. The van der Waals surface area contributed by atoms with E-state index < -0.39 is 0 Å². The van der Waals surface area contributed by atoms with Crippen molar-refractivity contribution in [3.8, 4) is 11.5 Å². The monoisotopic (exact) mass is 243 g/mol. The minimum atomic E-state index is 0.401. The summed E-state index contributed by atoms with van der Waals surface area (Å²) >= 11 is 0. The molecule has 5 nitrogen and oxygen atoms in total. The molecule has 94 valence electrons. The number of hydrogen-bond acceptors (Lipinski definition) is 4. The average molecular weight is 243 g/mol. The van der Waals surface area contributed by atoms with E-state index in [4.69, 9.17) is 4.98 Å². The first-order valence-corrected chi connectivity index (χ1v) is 6.25. The number of aryl methyl sites for hydroxylation is 1. The highest BCUT2D eigenvalue weighted by atomic mass is 15.2. The summed E-state index contributed by atoms with van der Waals surface area (Å²) in [6.07, 6.45) is 9.75. The van der Waals surface area contributed by atoms with Crippen LogP contribution in [0.5, 0.6) is 0 Å². The van der Waals surface area contributed by atoms with Gasteiger partial charge in [0, 0.05) is 19.4 Å². The number of likely N-dealkylation sites (tertiary alicyclic amines) is 1. The van der Waals surface area contributed by atoms with Crippen LogP contribution >= 0.6 is 0 Å². The second-order valence-electron chi connectivity index (χ2n) is 4.83. The molecule has 3 rings (SSSR count). The van der Waals surface area contributed by atoms with Crippen molar-refractivity contribution in [1.82, 2.24) is 24.4 Å². The lowest BCUT2D eigenvalue weighted by atomic mass is 10.1. The lowest BCUT2D eigenvalue weighted by Crippen LogP contribution is -2.18. The summed E-state index contributed by atoms with van der Waals surface area (Å²) in [5.41, 5.74) is 1.90. The molecular formula is C13H17N5. The van der Waals surface area contributed by atoms with E-state index in [1.54, 1.807) is 12.4 Å². The third kappa shape index (κ3) is 1.90. The van der Waals surface area contributed by atoms with Crippen LogP contribution < -0.4 is 0 Å². The predicted molar refractivity (Wildman–Crippen MR) is 68.8 cm³/mol. The Hall–Kier alpha value is -1.75. The van der Waals surface area contributed by atoms with E-state index in [1.165, 1.54) is 6.42 Å². The Balaban J connectivity index is 1.97. The van der Waals surface area contributed by atoms with Gasteiger partial charge in [-0.2, -0.15) is 0 Å². The summed E-state index contributed by atoms with van der Waals surface area (Å²) in [6, 6.07) is 0.401. The van der Waals surface area contributed by atoms with Gasteiger partial charge in [0.15, 0.2) is 5.82 Å². The van der Waals surface area contributed by atoms with Gasteiger partial charge in [-0.25, -0.2) is 9.97 Å². The zero-order valence-electron chi connectivity index (χ0n) is 10.7. The van der Waals surface area contributed by atoms with Gasteiger partial charge in [0.1, 0.15) is 5.69 Å². The molecule has 5 heteroatoms. The van der Waals surface area contributed by atoms with Crippen LogP contribution in [0.3, 0.4) is 0 Å². The van der Waals surface area contributed by atoms with Gasteiger partial charge >= 0.3 is 0 Å². The highest BCUT2D eigenvalue weighted by molar-refractivity contribution is 5.48. The van der Waals surface area contributed by atoms with Crippen molar-refractivity contribution >= 4 is 0 Å². The van der Waals surface area contributed by atoms with Crippen molar-refractivity contribution in [3.63, 3.8) is 0 Å². The number of imidazole rings is 1. The van der Waals surface area contributed by atoms with Crippen LogP contribution in [-0.2, 0) is 7.05 Å². The van der Waals surface area contributed by atoms with Gasteiger partial charge in [-0.1, -0.05) is 0 Å². The second-order valence-corrected chi connectivity index (χ2v) is 4.83. The van der Waals surface area contributed by atoms with E-state index in [0.717, 1.165) is 30.2 Å². The number of aromatic nitrogens is 4. The topological polar surface area (TPSA) is 46.8 Å². The smallest absolute Gasteiger partial charge is 0.159 e. The van der Waals surface area contributed by atoms with Crippen LogP contribution in [0.4, 0.5) is 0 Å². The fourth-order valence-corrected chi connectivity index (χ4v) is 2.55. The van der Waals surface area contributed by atoms with Crippen LogP contribution in [0.25, 0.3) is 11.5 Å². The first-order chi connectivity index (χ1) is 8.75. The highest BCUT2D eigenvalue weighted by Gasteiger charge is 2.24. The molecule has 18 heavy (non-hydrogen) atoms. The molecular weight excluding hydrogens is 226 g/mol. The van der Waals surface area contributed by atoms with Gasteiger partial charge in [-0.15, -0.1) is 0 Å². The fraction of sp³-hybridized carbons (Fsp3) is 0.462. The van der Waals surface area contributed by atoms with Crippen molar-refractivity contribution in [1.29, 1.82) is 0 Å². The van der Waals surface area contributed by atoms with Gasteiger partial charge in [-0.3, -0.25) is 9.88 Å². The first-order valence-electron chi connectivity index (χ1n) is 6.25. The number of rotatable bonds is 2. The molecule has 1 aliphatic heterocycles. The number of nitrogens with zero attached hydrogens (tertiary/aromatic N) is 5. The van der Waals surface area contributed by atoms with E-state index in [1.807, 2.05) is 24.0 Å². The molecule has 2 aromatic rings. The molecule has 2 aromatic heterocycles. The standard InChI is InChI=1S/C13H17N5/c1-17-6-3-4-12(17)10-8-14-9-11(16-10)13-15-5-7-18(13)2/h5,7-9,12H,3-4,6H2,1-2H3. The molecule has 0 bridgehead atoms. The molecule has 1 fully saturated rings. The largest absolute Gasteiger partial charge is 0.333 e. The van der Waals surface area contributed by atoms with Gasteiger partial charge < -0.3 is 4.57 Å². The van der Waals surface area contributed by atoms with Gasteiger partial charge in [0.2, 0.25) is 0 Å². The molecule has 0 N–H and O–H groups in total. The second kappa shape index (κ2) is 4.49. The molecule has 0 amide bonds. The molecule has 1 saturated heterocycles. The predicted octanol–water partition coefficient (Wildman–Crippen LogP) is 1.64. The van der Waals surface area contributed by atoms with Crippen molar-refractivity contribution in [3.05, 3.63) is 30.5 Å². The zero-order valence-corrected chi connectivity index (χ0v) is 10.7. The summed E-state index contributed by atoms with van der Waals surface area (Å²) < 4.78 is 1.96. The van der Waals surface area contributed by atoms with Gasteiger partial charge in [-0.05, 0) is 26.4 Å². The maximum Gasteiger partial charge on any atom is 0.159 e. The quantitative estimate of drug-likeness (QED) is 0.804. The zero-order chi connectivity index (χ0) is 12.5. The molecule has 3 heterocycles. The van der Waals surface area contributed by atoms with Gasteiger partial charge in [0.05, 0.1) is 24.1 Å². The third-order valence-electron chi connectivity index (χ3n) is 3.57. The van der Waals surface area contributed by atoms with Crippen LogP contribution in [0.1, 0.15) is 24.6 Å². The van der Waals surface area contributed by atoms with Crippen LogP contribution in [0, 0.1) is 0 Å². The maximum atomic E-state index is 4.72. The Morgan fingerprint density at radius 2 is 2.17 bits per heavy atom. The van der Waals surface area contributed by atoms with Crippen molar-refractivity contribution in [2.24, 2.45) is 7.05 Å². The van der Waals surface area contributed by atoms with E-state index in [0.29, 0.717) is 6.04 Å². The van der Waals surface area contributed by atoms with Crippen LogP contribution in [0.15, 0.2) is 24.8 Å². The Morgan fingerprint density at radius 3 is 2.83 bits per heavy atom. The summed E-state index contributed by atoms with van der Waals surface area (Å²) in [4.78, 5) is 15.7. The minimum absolute atomic E-state index is 0.401. The van der Waals surface area contributed by atoms with Gasteiger partial charge in [0.25, 0.3) is 0 Å². The minimum Gasteiger partial charge on any atom is -0.333 e. The van der Waals surface area contributed by atoms with Crippen molar-refractivity contribution in [2.75, 3.05) is 13.6 Å². The molecule has 1 unspecified atom stereocenters. The molecule has 0 spiro atoms. The molecule has 1 aliphatic rings. The molecule has 1 atom stereocenters. The fourth-order valence-electron chi connectivity index (χ4n) is 2.55. The Morgan fingerprint density at radius 1 is 1.28 bits per heavy atom. The Kier molecular flexibility index (Phi) is 2.83. The van der Waals surface area contributed by atoms with Crippen LogP contribution in [-0.4, -0.2) is 38.0 Å². The van der Waals surface area contributed by atoms with E-state index >= 15 is 0 Å². The molecule has 0 aromatic carbocycles. The van der Waals surface area contributed by atoms with E-state index in [9.17, 15) is 0 Å². The van der Waals surface area contributed by atoms with Crippen molar-refractivity contribution < 1.29 is 0 Å². The number of hydrogen-bond donors (Lipinski definition) is 0. The van der Waals surface area contributed by atoms with E-state index in [2.05, 4.69) is 21.9 Å². The Labute approximate surface area is 107 Å². The lowest BCUT2D eigenvalue weighted by Gasteiger charge is -2.18. The lowest BCUT2D eigenvalue weighted by molar-refractivity contribution is 0.311. The maximum absolute atomic E-state index is 4.72. The first kappa shape index (κ1) is 11.3. The molecule has 0 radical (unpaired) electrons. The SMILES string of the molecule is CN1CCCC1c1cncc(-c2nccn2C)n1. The summed E-state index contributed by atoms with van der Waals surface area (Å²) in [5.74, 6) is 0.866. The molecule has 0 aliphatic carbocycles. The van der Waals surface area contributed by atoms with E-state index in [-0.39, 0.29) is 0 Å². The Bertz CT molecular complexity index is 548. The normalized spacial score (nSPS) is 20.4. The van der Waals surface area contributed by atoms with Crippen LogP contribution in [0.2, 0.25) is 0 Å². The summed E-state index contributed by atoms with van der Waals surface area (Å²) in [6.45, 7) is 1.14.